The van der Waals surface area contributed by atoms with E-state index in [-0.39, 0.29) is 17.9 Å². The Morgan fingerprint density at radius 3 is 2.32 bits per heavy atom. The van der Waals surface area contributed by atoms with Crippen LogP contribution in [-0.2, 0) is 4.79 Å². The molecule has 2 amide bonds. The molecule has 0 aliphatic heterocycles. The van der Waals surface area contributed by atoms with E-state index in [9.17, 15) is 9.59 Å². The summed E-state index contributed by atoms with van der Waals surface area (Å²) in [7, 11) is 0. The first kappa shape index (κ1) is 17.8. The van der Waals surface area contributed by atoms with E-state index in [1.807, 2.05) is 37.3 Å². The molecule has 6 heteroatoms. The van der Waals surface area contributed by atoms with Crippen molar-refractivity contribution in [3.8, 4) is 0 Å². The molecule has 0 saturated heterocycles. The number of hydrogen-bond acceptors (Lipinski definition) is 2. The lowest BCUT2D eigenvalue weighted by Gasteiger charge is -2.16. The molecule has 0 spiro atoms. The fourth-order valence-electron chi connectivity index (χ4n) is 2.61. The number of nitrogens with one attached hydrogen (secondary N) is 2. The number of para-hydroxylation sites is 1. The van der Waals surface area contributed by atoms with Crippen molar-refractivity contribution in [3.63, 3.8) is 0 Å². The van der Waals surface area contributed by atoms with Gasteiger partial charge in [-0.25, -0.2) is 0 Å². The molecule has 2 aromatic carbocycles. The van der Waals surface area contributed by atoms with Gasteiger partial charge in [0.25, 0.3) is 5.91 Å². The highest BCUT2D eigenvalue weighted by atomic mass is 35.5. The zero-order valence-corrected chi connectivity index (χ0v) is 15.1. The van der Waals surface area contributed by atoms with Crippen LogP contribution in [0.25, 0.3) is 0 Å². The SMILES string of the molecule is CC(NC(=O)c1ccccc1NC(=O)C1CC1(Cl)Cl)c1ccccc1. The maximum atomic E-state index is 12.6. The Morgan fingerprint density at radius 2 is 1.68 bits per heavy atom. The van der Waals surface area contributed by atoms with Crippen molar-refractivity contribution in [3.05, 3.63) is 65.7 Å². The van der Waals surface area contributed by atoms with E-state index >= 15 is 0 Å². The largest absolute Gasteiger partial charge is 0.345 e. The molecular weight excluding hydrogens is 359 g/mol. The maximum absolute atomic E-state index is 12.6. The summed E-state index contributed by atoms with van der Waals surface area (Å²) in [4.78, 5) is 24.8. The standard InChI is InChI=1S/C19H18Cl2N2O2/c1-12(13-7-3-2-4-8-13)22-17(24)14-9-5-6-10-16(14)23-18(25)15-11-19(15,20)21/h2-10,12,15H,11H2,1H3,(H,22,24)(H,23,25). The molecule has 3 rings (SSSR count). The first-order valence-corrected chi connectivity index (χ1v) is 8.77. The summed E-state index contributed by atoms with van der Waals surface area (Å²) in [6.45, 7) is 1.91. The first-order valence-electron chi connectivity index (χ1n) is 8.02. The fraction of sp³-hybridized carbons (Fsp3) is 0.263. The van der Waals surface area contributed by atoms with Crippen LogP contribution in [0, 0.1) is 5.92 Å². The summed E-state index contributed by atoms with van der Waals surface area (Å²) in [5.74, 6) is -0.984. The van der Waals surface area contributed by atoms with E-state index in [4.69, 9.17) is 23.2 Å². The number of carbonyl (C=O) groups is 2. The Balaban J connectivity index is 1.72. The molecule has 1 saturated carbocycles. The lowest BCUT2D eigenvalue weighted by Crippen LogP contribution is -2.28. The average Bonchev–Trinajstić information content (AvgIpc) is 3.24. The monoisotopic (exact) mass is 376 g/mol. The molecule has 130 valence electrons. The van der Waals surface area contributed by atoms with Gasteiger partial charge in [-0.1, -0.05) is 42.5 Å². The van der Waals surface area contributed by atoms with E-state index < -0.39 is 10.3 Å². The first-order chi connectivity index (χ1) is 11.9. The van der Waals surface area contributed by atoms with Crippen molar-refractivity contribution >= 4 is 40.7 Å². The number of alkyl halides is 2. The minimum absolute atomic E-state index is 0.153. The molecule has 2 unspecified atom stereocenters. The molecule has 2 atom stereocenters. The van der Waals surface area contributed by atoms with Gasteiger partial charge in [0.15, 0.2) is 0 Å². The Labute approximate surface area is 156 Å². The number of hydrogen-bond donors (Lipinski definition) is 2. The van der Waals surface area contributed by atoms with Crippen LogP contribution < -0.4 is 10.6 Å². The van der Waals surface area contributed by atoms with Crippen LogP contribution in [0.2, 0.25) is 0 Å². The summed E-state index contributed by atoms with van der Waals surface area (Å²) in [6, 6.07) is 16.4. The molecule has 4 nitrogen and oxygen atoms in total. The minimum Gasteiger partial charge on any atom is -0.345 e. The molecule has 0 aromatic heterocycles. The van der Waals surface area contributed by atoms with Gasteiger partial charge in [-0.3, -0.25) is 9.59 Å². The van der Waals surface area contributed by atoms with Crippen molar-refractivity contribution in [1.29, 1.82) is 0 Å². The lowest BCUT2D eigenvalue weighted by molar-refractivity contribution is -0.117. The van der Waals surface area contributed by atoms with Gasteiger partial charge < -0.3 is 10.6 Å². The zero-order chi connectivity index (χ0) is 18.0. The highest BCUT2D eigenvalue weighted by molar-refractivity contribution is 6.52. The number of benzene rings is 2. The van der Waals surface area contributed by atoms with Gasteiger partial charge in [0.05, 0.1) is 23.2 Å². The summed E-state index contributed by atoms with van der Waals surface area (Å²) >= 11 is 11.9. The van der Waals surface area contributed by atoms with Crippen LogP contribution in [0.4, 0.5) is 5.69 Å². The summed E-state index contributed by atoms with van der Waals surface area (Å²) in [5, 5.41) is 5.70. The highest BCUT2D eigenvalue weighted by Gasteiger charge is 2.56. The van der Waals surface area contributed by atoms with Gasteiger partial charge >= 0.3 is 0 Å². The van der Waals surface area contributed by atoms with E-state index in [0.29, 0.717) is 17.7 Å². The molecule has 1 fully saturated rings. The van der Waals surface area contributed by atoms with Crippen LogP contribution in [-0.4, -0.2) is 16.1 Å². The molecule has 1 aliphatic carbocycles. The third-order valence-electron chi connectivity index (χ3n) is 4.22. The van der Waals surface area contributed by atoms with Gasteiger partial charge in [-0.05, 0) is 31.0 Å². The predicted octanol–water partition coefficient (Wildman–Crippen LogP) is 4.31. The summed E-state index contributed by atoms with van der Waals surface area (Å²) in [5.41, 5.74) is 1.85. The molecule has 2 aromatic rings. The molecule has 25 heavy (non-hydrogen) atoms. The fourth-order valence-corrected chi connectivity index (χ4v) is 3.11. The van der Waals surface area contributed by atoms with Gasteiger partial charge in [0, 0.05) is 0 Å². The van der Waals surface area contributed by atoms with Crippen LogP contribution in [0.5, 0.6) is 0 Å². The predicted molar refractivity (Wildman–Crippen MR) is 99.9 cm³/mol. The zero-order valence-electron chi connectivity index (χ0n) is 13.6. The molecule has 1 aliphatic rings. The second kappa shape index (κ2) is 7.06. The summed E-state index contributed by atoms with van der Waals surface area (Å²) in [6.07, 6.45) is 0.418. The van der Waals surface area contributed by atoms with Crippen LogP contribution >= 0.6 is 23.2 Å². The van der Waals surface area contributed by atoms with E-state index in [0.717, 1.165) is 5.56 Å². The van der Waals surface area contributed by atoms with Crippen molar-refractivity contribution in [2.75, 3.05) is 5.32 Å². The second-order valence-electron chi connectivity index (χ2n) is 6.16. The van der Waals surface area contributed by atoms with Crippen molar-refractivity contribution in [2.45, 2.75) is 23.7 Å². The number of amides is 2. The smallest absolute Gasteiger partial charge is 0.253 e. The maximum Gasteiger partial charge on any atom is 0.253 e. The van der Waals surface area contributed by atoms with Crippen molar-refractivity contribution in [1.82, 2.24) is 5.32 Å². The third kappa shape index (κ3) is 4.14. The van der Waals surface area contributed by atoms with Crippen LogP contribution in [0.3, 0.4) is 0 Å². The summed E-state index contributed by atoms with van der Waals surface area (Å²) < 4.78 is -0.997. The quantitative estimate of drug-likeness (QED) is 0.763. The Hall–Kier alpha value is -2.04. The Morgan fingerprint density at radius 1 is 1.08 bits per heavy atom. The average molecular weight is 377 g/mol. The lowest BCUT2D eigenvalue weighted by atomic mass is 10.1. The molecule has 2 N–H and O–H groups in total. The third-order valence-corrected chi connectivity index (χ3v) is 5.05. The van der Waals surface area contributed by atoms with E-state index in [1.54, 1.807) is 24.3 Å². The normalized spacial score (nSPS) is 18.9. The Kier molecular flexibility index (Phi) is 5.02. The van der Waals surface area contributed by atoms with Gasteiger partial charge in [-0.2, -0.15) is 0 Å². The van der Waals surface area contributed by atoms with Gasteiger partial charge in [0.1, 0.15) is 4.33 Å². The molecule has 0 heterocycles. The topological polar surface area (TPSA) is 58.2 Å². The minimum atomic E-state index is -0.997. The second-order valence-corrected chi connectivity index (χ2v) is 7.70. The number of rotatable bonds is 5. The molecule has 0 radical (unpaired) electrons. The Bertz CT molecular complexity index is 793. The van der Waals surface area contributed by atoms with Crippen LogP contribution in [0.1, 0.15) is 35.3 Å². The number of anilines is 1. The highest BCUT2D eigenvalue weighted by Crippen LogP contribution is 2.53. The van der Waals surface area contributed by atoms with Crippen molar-refractivity contribution in [2.24, 2.45) is 5.92 Å². The molecular formula is C19H18Cl2N2O2. The van der Waals surface area contributed by atoms with E-state index in [2.05, 4.69) is 10.6 Å². The number of carbonyl (C=O) groups excluding carboxylic acids is 2. The van der Waals surface area contributed by atoms with Gasteiger partial charge in [-0.15, -0.1) is 23.2 Å². The van der Waals surface area contributed by atoms with Gasteiger partial charge in [0.2, 0.25) is 5.91 Å². The van der Waals surface area contributed by atoms with Crippen molar-refractivity contribution < 1.29 is 9.59 Å². The number of halogens is 2. The van der Waals surface area contributed by atoms with Crippen LogP contribution in [0.15, 0.2) is 54.6 Å². The molecule has 0 bridgehead atoms. The van der Waals surface area contributed by atoms with E-state index in [1.165, 1.54) is 0 Å².